The largest absolute Gasteiger partial charge is 0.466 e. The molecule has 1 rings (SSSR count). The van der Waals surface area contributed by atoms with E-state index in [1.807, 2.05) is 6.92 Å². The van der Waals surface area contributed by atoms with Gasteiger partial charge in [-0.15, -0.1) is 0 Å². The molecule has 118 valence electrons. The normalized spacial score (nSPS) is 21.5. The molecule has 1 N–H and O–H groups in total. The van der Waals surface area contributed by atoms with Gasteiger partial charge in [-0.2, -0.15) is 0 Å². The van der Waals surface area contributed by atoms with Gasteiger partial charge in [-0.1, -0.05) is 57.8 Å². The number of carbonyl (C=O) groups is 1. The highest BCUT2D eigenvalue weighted by Crippen LogP contribution is 2.28. The third kappa shape index (κ3) is 7.88. The zero-order valence-corrected chi connectivity index (χ0v) is 13.2. The molecule has 0 amide bonds. The van der Waals surface area contributed by atoms with Crippen molar-refractivity contribution in [3.05, 3.63) is 0 Å². The van der Waals surface area contributed by atoms with Crippen LogP contribution in [0, 0.1) is 0 Å². The SMILES string of the molecule is CCOC(=O)CCC1(O)CCCCCCCCCCC1. The maximum Gasteiger partial charge on any atom is 0.305 e. The molecule has 0 saturated heterocycles. The Kier molecular flexibility index (Phi) is 8.92. The number of ether oxygens (including phenoxy) is 1. The highest BCUT2D eigenvalue weighted by Gasteiger charge is 2.27. The van der Waals surface area contributed by atoms with Crippen LogP contribution >= 0.6 is 0 Å². The average molecular weight is 284 g/mol. The molecule has 0 aromatic rings. The van der Waals surface area contributed by atoms with Crippen LogP contribution in [0.4, 0.5) is 0 Å². The first-order valence-electron chi connectivity index (χ1n) is 8.54. The first kappa shape index (κ1) is 17.5. The molecule has 0 radical (unpaired) electrons. The second kappa shape index (κ2) is 10.2. The lowest BCUT2D eigenvalue weighted by Gasteiger charge is -2.28. The molecular weight excluding hydrogens is 252 g/mol. The van der Waals surface area contributed by atoms with Crippen molar-refractivity contribution in [1.29, 1.82) is 0 Å². The average Bonchev–Trinajstić information content (AvgIpc) is 2.41. The van der Waals surface area contributed by atoms with E-state index < -0.39 is 5.60 Å². The fourth-order valence-corrected chi connectivity index (χ4v) is 3.09. The quantitative estimate of drug-likeness (QED) is 0.780. The Morgan fingerprint density at radius 3 is 1.85 bits per heavy atom. The molecule has 1 aliphatic carbocycles. The zero-order valence-electron chi connectivity index (χ0n) is 13.2. The Bertz CT molecular complexity index is 251. The summed E-state index contributed by atoms with van der Waals surface area (Å²) >= 11 is 0. The molecule has 0 aromatic carbocycles. The van der Waals surface area contributed by atoms with Crippen molar-refractivity contribution in [2.24, 2.45) is 0 Å². The summed E-state index contributed by atoms with van der Waals surface area (Å²) in [6.45, 7) is 2.25. The van der Waals surface area contributed by atoms with Crippen LogP contribution < -0.4 is 0 Å². The van der Waals surface area contributed by atoms with Crippen LogP contribution in [-0.2, 0) is 9.53 Å². The Morgan fingerprint density at radius 1 is 0.950 bits per heavy atom. The van der Waals surface area contributed by atoms with Crippen LogP contribution in [0.3, 0.4) is 0 Å². The van der Waals surface area contributed by atoms with E-state index >= 15 is 0 Å². The van der Waals surface area contributed by atoms with Crippen molar-refractivity contribution in [2.75, 3.05) is 6.61 Å². The molecule has 0 unspecified atom stereocenters. The summed E-state index contributed by atoms with van der Waals surface area (Å²) in [6.07, 6.45) is 13.8. The van der Waals surface area contributed by atoms with Crippen molar-refractivity contribution in [1.82, 2.24) is 0 Å². The van der Waals surface area contributed by atoms with Gasteiger partial charge in [-0.3, -0.25) is 4.79 Å². The molecule has 3 heteroatoms. The van der Waals surface area contributed by atoms with Gasteiger partial charge >= 0.3 is 5.97 Å². The summed E-state index contributed by atoms with van der Waals surface area (Å²) in [5.41, 5.74) is -0.647. The molecule has 1 saturated carbocycles. The van der Waals surface area contributed by atoms with E-state index in [2.05, 4.69) is 0 Å². The monoisotopic (exact) mass is 284 g/mol. The van der Waals surface area contributed by atoms with Gasteiger partial charge in [-0.25, -0.2) is 0 Å². The molecule has 1 aliphatic rings. The second-order valence-electron chi connectivity index (χ2n) is 6.21. The smallest absolute Gasteiger partial charge is 0.305 e. The number of carbonyl (C=O) groups excluding carboxylic acids is 1. The van der Waals surface area contributed by atoms with Crippen molar-refractivity contribution >= 4 is 5.97 Å². The number of esters is 1. The number of hydrogen-bond acceptors (Lipinski definition) is 3. The van der Waals surface area contributed by atoms with Crippen LogP contribution in [0.25, 0.3) is 0 Å². The fourth-order valence-electron chi connectivity index (χ4n) is 3.09. The van der Waals surface area contributed by atoms with Gasteiger partial charge in [-0.05, 0) is 26.2 Å². The standard InChI is InChI=1S/C17H32O3/c1-2-20-16(18)12-15-17(19)13-10-8-6-4-3-5-7-9-11-14-17/h19H,2-15H2,1H3. The first-order chi connectivity index (χ1) is 9.66. The lowest BCUT2D eigenvalue weighted by Crippen LogP contribution is -2.30. The molecule has 0 bridgehead atoms. The van der Waals surface area contributed by atoms with Crippen LogP contribution in [0.1, 0.15) is 90.4 Å². The molecule has 1 fully saturated rings. The van der Waals surface area contributed by atoms with Crippen LogP contribution in [0.5, 0.6) is 0 Å². The molecular formula is C17H32O3. The summed E-state index contributed by atoms with van der Waals surface area (Å²) in [5.74, 6) is -0.174. The van der Waals surface area contributed by atoms with Crippen molar-refractivity contribution in [2.45, 2.75) is 96.0 Å². The summed E-state index contributed by atoms with van der Waals surface area (Å²) in [7, 11) is 0. The van der Waals surface area contributed by atoms with Crippen LogP contribution in [0.2, 0.25) is 0 Å². The second-order valence-corrected chi connectivity index (χ2v) is 6.21. The number of hydrogen-bond donors (Lipinski definition) is 1. The lowest BCUT2D eigenvalue weighted by molar-refractivity contribution is -0.144. The highest BCUT2D eigenvalue weighted by atomic mass is 16.5. The van der Waals surface area contributed by atoms with Crippen LogP contribution in [-0.4, -0.2) is 23.3 Å². The minimum absolute atomic E-state index is 0.174. The third-order valence-electron chi connectivity index (χ3n) is 4.38. The molecule has 0 heterocycles. The van der Waals surface area contributed by atoms with Crippen LogP contribution in [0.15, 0.2) is 0 Å². The zero-order chi connectivity index (χ0) is 14.7. The highest BCUT2D eigenvalue weighted by molar-refractivity contribution is 5.69. The van der Waals surface area contributed by atoms with E-state index in [1.54, 1.807) is 0 Å². The van der Waals surface area contributed by atoms with Gasteiger partial charge in [0.1, 0.15) is 0 Å². The minimum atomic E-state index is -0.647. The Labute approximate surface area is 124 Å². The Morgan fingerprint density at radius 2 is 1.40 bits per heavy atom. The molecule has 20 heavy (non-hydrogen) atoms. The first-order valence-corrected chi connectivity index (χ1v) is 8.54. The molecule has 0 spiro atoms. The Hall–Kier alpha value is -0.570. The topological polar surface area (TPSA) is 46.5 Å². The predicted molar refractivity (Wildman–Crippen MR) is 81.6 cm³/mol. The molecule has 3 nitrogen and oxygen atoms in total. The maximum atomic E-state index is 11.5. The van der Waals surface area contributed by atoms with Crippen molar-refractivity contribution < 1.29 is 14.6 Å². The third-order valence-corrected chi connectivity index (χ3v) is 4.38. The molecule has 0 aliphatic heterocycles. The van der Waals surface area contributed by atoms with Crippen molar-refractivity contribution in [3.8, 4) is 0 Å². The predicted octanol–water partition coefficient (Wildman–Crippen LogP) is 4.37. The van der Waals surface area contributed by atoms with E-state index in [0.717, 1.165) is 25.7 Å². The van der Waals surface area contributed by atoms with E-state index in [0.29, 0.717) is 19.4 Å². The summed E-state index contributed by atoms with van der Waals surface area (Å²) in [5, 5.41) is 10.8. The fraction of sp³-hybridized carbons (Fsp3) is 0.941. The van der Waals surface area contributed by atoms with E-state index in [9.17, 15) is 9.90 Å². The summed E-state index contributed by atoms with van der Waals surface area (Å²) < 4.78 is 4.97. The van der Waals surface area contributed by atoms with Gasteiger partial charge < -0.3 is 9.84 Å². The van der Waals surface area contributed by atoms with Gasteiger partial charge in [0.15, 0.2) is 0 Å². The molecule has 0 aromatic heterocycles. The lowest BCUT2D eigenvalue weighted by atomic mass is 9.85. The number of aliphatic hydroxyl groups is 1. The van der Waals surface area contributed by atoms with Gasteiger partial charge in [0.2, 0.25) is 0 Å². The van der Waals surface area contributed by atoms with E-state index in [-0.39, 0.29) is 5.97 Å². The van der Waals surface area contributed by atoms with Gasteiger partial charge in [0, 0.05) is 6.42 Å². The van der Waals surface area contributed by atoms with Gasteiger partial charge in [0.25, 0.3) is 0 Å². The van der Waals surface area contributed by atoms with E-state index in [4.69, 9.17) is 4.74 Å². The Balaban J connectivity index is 2.40. The number of rotatable bonds is 4. The van der Waals surface area contributed by atoms with Gasteiger partial charge in [0.05, 0.1) is 12.2 Å². The summed E-state index contributed by atoms with van der Waals surface area (Å²) in [6, 6.07) is 0. The maximum absolute atomic E-state index is 11.5. The summed E-state index contributed by atoms with van der Waals surface area (Å²) in [4.78, 5) is 11.5. The minimum Gasteiger partial charge on any atom is -0.466 e. The van der Waals surface area contributed by atoms with Crippen molar-refractivity contribution in [3.63, 3.8) is 0 Å². The molecule has 0 atom stereocenters. The van der Waals surface area contributed by atoms with E-state index in [1.165, 1.54) is 44.9 Å².